The number of hydrogen-bond donors (Lipinski definition) is 0. The molecule has 0 aliphatic rings. The Morgan fingerprint density at radius 1 is 1.11 bits per heavy atom. The molecule has 1 rings (SSSR count). The second-order valence-electron chi connectivity index (χ2n) is 3.37. The van der Waals surface area contributed by atoms with Crippen molar-refractivity contribution in [3.63, 3.8) is 0 Å². The molecule has 0 radical (unpaired) electrons. The Bertz CT molecular complexity index is 513. The molecule has 0 unspecified atom stereocenters. The molecule has 0 N–H and O–H groups in total. The summed E-state index contributed by atoms with van der Waals surface area (Å²) in [6, 6.07) is 1.48. The Balaban J connectivity index is 3.32. The second-order valence-corrected chi connectivity index (χ2v) is 4.18. The lowest BCUT2D eigenvalue weighted by Crippen LogP contribution is -2.44. The van der Waals surface area contributed by atoms with Crippen molar-refractivity contribution in [1.82, 2.24) is 0 Å². The van der Waals surface area contributed by atoms with Crippen molar-refractivity contribution in [3.8, 4) is 5.75 Å². The number of carbonyl (C=O) groups is 1. The third kappa shape index (κ3) is 2.92. The number of hydrogen-bond acceptors (Lipinski definition) is 2. The van der Waals surface area contributed by atoms with Gasteiger partial charge in [0.1, 0.15) is 5.75 Å². The van der Waals surface area contributed by atoms with Crippen molar-refractivity contribution < 1.29 is 31.5 Å². The fourth-order valence-corrected chi connectivity index (χ4v) is 1.64. The van der Waals surface area contributed by atoms with E-state index >= 15 is 0 Å². The van der Waals surface area contributed by atoms with Crippen molar-refractivity contribution >= 4 is 29.0 Å². The zero-order valence-corrected chi connectivity index (χ0v) is 10.6. The van der Waals surface area contributed by atoms with E-state index in [1.54, 1.807) is 0 Å². The predicted octanol–water partition coefficient (Wildman–Crippen LogP) is 4.38. The fraction of sp³-hybridized carbons (Fsp3) is 0.300. The molecular formula is C10H5Cl2F5O2. The highest BCUT2D eigenvalue weighted by Crippen LogP contribution is 2.40. The summed E-state index contributed by atoms with van der Waals surface area (Å²) >= 11 is 11.0. The van der Waals surface area contributed by atoms with Gasteiger partial charge in [-0.15, -0.1) is 0 Å². The first-order valence-electron chi connectivity index (χ1n) is 4.54. The Kier molecular flexibility index (Phi) is 4.31. The summed E-state index contributed by atoms with van der Waals surface area (Å²) in [6.07, 6.45) is -6.01. The number of methoxy groups -OCH3 is 1. The first kappa shape index (κ1) is 16.0. The molecule has 2 nitrogen and oxygen atoms in total. The van der Waals surface area contributed by atoms with Gasteiger partial charge in [-0.05, 0) is 6.07 Å². The predicted molar refractivity (Wildman–Crippen MR) is 58.3 cm³/mol. The molecule has 0 heterocycles. The van der Waals surface area contributed by atoms with Gasteiger partial charge in [-0.2, -0.15) is 22.0 Å². The van der Waals surface area contributed by atoms with Crippen LogP contribution in [0.2, 0.25) is 10.0 Å². The van der Waals surface area contributed by atoms with Crippen molar-refractivity contribution in [2.45, 2.75) is 12.1 Å². The van der Waals surface area contributed by atoms with Crippen LogP contribution in [0, 0.1) is 0 Å². The molecule has 9 heteroatoms. The van der Waals surface area contributed by atoms with Gasteiger partial charge in [0.25, 0.3) is 0 Å². The van der Waals surface area contributed by atoms with E-state index < -0.39 is 28.5 Å². The van der Waals surface area contributed by atoms with Crippen molar-refractivity contribution in [3.05, 3.63) is 27.7 Å². The largest absolute Gasteiger partial charge is 0.495 e. The number of Topliss-reactive ketones (excluding diaryl/α,β-unsaturated/α-hetero) is 1. The van der Waals surface area contributed by atoms with E-state index in [9.17, 15) is 26.7 Å². The molecule has 0 saturated carbocycles. The maximum Gasteiger partial charge on any atom is 0.461 e. The number of benzene rings is 1. The summed E-state index contributed by atoms with van der Waals surface area (Å²) in [5.41, 5.74) is -1.03. The highest BCUT2D eigenvalue weighted by atomic mass is 35.5. The van der Waals surface area contributed by atoms with E-state index in [1.807, 2.05) is 0 Å². The third-order valence-electron chi connectivity index (χ3n) is 2.13. The zero-order valence-electron chi connectivity index (χ0n) is 9.12. The number of rotatable bonds is 3. The van der Waals surface area contributed by atoms with Gasteiger partial charge in [0.15, 0.2) is 0 Å². The van der Waals surface area contributed by atoms with Gasteiger partial charge in [0.05, 0.1) is 17.2 Å². The molecule has 0 bridgehead atoms. The fourth-order valence-electron chi connectivity index (χ4n) is 1.16. The summed E-state index contributed by atoms with van der Waals surface area (Å²) in [6.45, 7) is 0. The number of carbonyl (C=O) groups excluding carboxylic acids is 1. The highest BCUT2D eigenvalue weighted by Gasteiger charge is 2.63. The lowest BCUT2D eigenvalue weighted by atomic mass is 10.0. The first-order chi connectivity index (χ1) is 8.52. The Morgan fingerprint density at radius 2 is 1.63 bits per heavy atom. The summed E-state index contributed by atoms with van der Waals surface area (Å²) in [5.74, 6) is -8.08. The van der Waals surface area contributed by atoms with Crippen LogP contribution in [0.1, 0.15) is 10.4 Å². The Morgan fingerprint density at radius 3 is 2.05 bits per heavy atom. The summed E-state index contributed by atoms with van der Waals surface area (Å²) in [5, 5.41) is -0.927. The molecule has 0 atom stereocenters. The van der Waals surface area contributed by atoms with Crippen LogP contribution >= 0.6 is 23.2 Å². The van der Waals surface area contributed by atoms with Crippen LogP contribution in [0.15, 0.2) is 12.1 Å². The Hall–Kier alpha value is -1.08. The summed E-state index contributed by atoms with van der Waals surface area (Å²) in [4.78, 5) is 11.2. The molecule has 0 aliphatic carbocycles. The van der Waals surface area contributed by atoms with Crippen molar-refractivity contribution in [2.24, 2.45) is 0 Å². The van der Waals surface area contributed by atoms with E-state index in [-0.39, 0.29) is 10.8 Å². The standard InChI is InChI=1S/C10H5Cl2F5O2/c1-19-7-3-5(11)4(2-6(7)12)8(18)9(13,14)10(15,16)17/h2-3H,1H3. The highest BCUT2D eigenvalue weighted by molar-refractivity contribution is 6.37. The van der Waals surface area contributed by atoms with E-state index in [1.165, 1.54) is 7.11 Å². The number of halogens is 7. The smallest absolute Gasteiger partial charge is 0.461 e. The van der Waals surface area contributed by atoms with E-state index in [4.69, 9.17) is 23.2 Å². The van der Waals surface area contributed by atoms with Crippen LogP contribution < -0.4 is 4.74 Å². The van der Waals surface area contributed by atoms with Gasteiger partial charge in [0.2, 0.25) is 5.78 Å². The third-order valence-corrected chi connectivity index (χ3v) is 2.74. The molecule has 1 aromatic carbocycles. The van der Waals surface area contributed by atoms with Crippen LogP contribution in [0.4, 0.5) is 22.0 Å². The number of ketones is 1. The van der Waals surface area contributed by atoms with Gasteiger partial charge < -0.3 is 4.74 Å². The minimum atomic E-state index is -6.01. The minimum Gasteiger partial charge on any atom is -0.495 e. The maximum absolute atomic E-state index is 12.9. The van der Waals surface area contributed by atoms with Gasteiger partial charge in [-0.25, -0.2) is 0 Å². The first-order valence-corrected chi connectivity index (χ1v) is 5.30. The van der Waals surface area contributed by atoms with Gasteiger partial charge in [0, 0.05) is 11.6 Å². The summed E-state index contributed by atoms with van der Waals surface area (Å²) < 4.78 is 66.7. The molecule has 0 spiro atoms. The van der Waals surface area contributed by atoms with Crippen LogP contribution in [0.25, 0.3) is 0 Å². The van der Waals surface area contributed by atoms with E-state index in [0.29, 0.717) is 6.07 Å². The molecule has 0 aliphatic heterocycles. The topological polar surface area (TPSA) is 26.3 Å². The molecule has 19 heavy (non-hydrogen) atoms. The molecule has 0 fully saturated rings. The van der Waals surface area contributed by atoms with Gasteiger partial charge >= 0.3 is 12.1 Å². The average Bonchev–Trinajstić information content (AvgIpc) is 2.29. The van der Waals surface area contributed by atoms with Crippen LogP contribution in [-0.4, -0.2) is 25.0 Å². The molecule has 0 aromatic heterocycles. The summed E-state index contributed by atoms with van der Waals surface area (Å²) in [7, 11) is 1.18. The zero-order chi connectivity index (χ0) is 15.0. The second kappa shape index (κ2) is 5.13. The SMILES string of the molecule is COc1cc(Cl)c(C(=O)C(F)(F)C(F)(F)F)cc1Cl. The van der Waals surface area contributed by atoms with Gasteiger partial charge in [-0.1, -0.05) is 23.2 Å². The molecule has 0 saturated heterocycles. The van der Waals surface area contributed by atoms with E-state index in [2.05, 4.69) is 4.74 Å². The molecule has 0 amide bonds. The molecule has 1 aromatic rings. The lowest BCUT2D eigenvalue weighted by molar-refractivity contribution is -0.255. The van der Waals surface area contributed by atoms with Gasteiger partial charge in [-0.3, -0.25) is 4.79 Å². The number of alkyl halides is 5. The average molecular weight is 323 g/mol. The quantitative estimate of drug-likeness (QED) is 0.609. The number of ether oxygens (including phenoxy) is 1. The van der Waals surface area contributed by atoms with E-state index in [0.717, 1.165) is 6.07 Å². The monoisotopic (exact) mass is 322 g/mol. The molecular weight excluding hydrogens is 318 g/mol. The van der Waals surface area contributed by atoms with Crippen molar-refractivity contribution in [2.75, 3.05) is 7.11 Å². The normalized spacial score (nSPS) is 12.4. The van der Waals surface area contributed by atoms with Crippen LogP contribution in [-0.2, 0) is 0 Å². The molecule has 106 valence electrons. The van der Waals surface area contributed by atoms with Crippen molar-refractivity contribution in [1.29, 1.82) is 0 Å². The maximum atomic E-state index is 12.9. The Labute approximate surface area is 114 Å². The van der Waals surface area contributed by atoms with Crippen LogP contribution in [0.3, 0.4) is 0 Å². The lowest BCUT2D eigenvalue weighted by Gasteiger charge is -2.19. The van der Waals surface area contributed by atoms with Crippen LogP contribution in [0.5, 0.6) is 5.75 Å². The minimum absolute atomic E-state index is 0.0569.